The highest BCUT2D eigenvalue weighted by Crippen LogP contribution is 2.28. The van der Waals surface area contributed by atoms with Gasteiger partial charge in [0.05, 0.1) is 16.3 Å². The van der Waals surface area contributed by atoms with Crippen LogP contribution < -0.4 is 5.32 Å². The quantitative estimate of drug-likeness (QED) is 0.381. The lowest BCUT2D eigenvalue weighted by atomic mass is 10.2. The van der Waals surface area contributed by atoms with Crippen LogP contribution in [-0.4, -0.2) is 46.5 Å². The fraction of sp³-hybridized carbons (Fsp3) is 0.208. The maximum absolute atomic E-state index is 12.9. The van der Waals surface area contributed by atoms with Gasteiger partial charge in [-0.05, 0) is 56.2 Å². The molecule has 0 unspecified atom stereocenters. The summed E-state index contributed by atoms with van der Waals surface area (Å²) in [4.78, 5) is 17.8. The van der Waals surface area contributed by atoms with E-state index in [2.05, 4.69) is 15.4 Å². The van der Waals surface area contributed by atoms with Crippen molar-refractivity contribution in [1.29, 1.82) is 0 Å². The Balaban J connectivity index is 1.35. The summed E-state index contributed by atoms with van der Waals surface area (Å²) in [5.74, 6) is 0.101. The SMILES string of the molecule is Cc1cc(NC(=O)c2ccc(S(=O)(=O)N3CCCC3)cc2)n(-c2nc(-c3ccc(Cl)cc3)cs2)n1. The molecule has 1 aliphatic rings. The molecule has 2 aromatic carbocycles. The molecule has 3 heterocycles. The van der Waals surface area contributed by atoms with Gasteiger partial charge in [0.1, 0.15) is 5.82 Å². The van der Waals surface area contributed by atoms with Crippen molar-refractivity contribution < 1.29 is 13.2 Å². The largest absolute Gasteiger partial charge is 0.306 e. The van der Waals surface area contributed by atoms with Crippen molar-refractivity contribution in [3.8, 4) is 16.4 Å². The number of aromatic nitrogens is 3. The number of hydrogen-bond acceptors (Lipinski definition) is 6. The maximum atomic E-state index is 12.9. The zero-order valence-electron chi connectivity index (χ0n) is 18.8. The van der Waals surface area contributed by atoms with Crippen molar-refractivity contribution in [1.82, 2.24) is 19.1 Å². The summed E-state index contributed by atoms with van der Waals surface area (Å²) < 4.78 is 28.5. The minimum absolute atomic E-state index is 0.189. The van der Waals surface area contributed by atoms with Crippen molar-refractivity contribution in [2.75, 3.05) is 18.4 Å². The molecule has 0 radical (unpaired) electrons. The molecule has 5 rings (SSSR count). The Labute approximate surface area is 212 Å². The first kappa shape index (κ1) is 23.7. The molecule has 1 saturated heterocycles. The van der Waals surface area contributed by atoms with Gasteiger partial charge in [0.2, 0.25) is 15.2 Å². The van der Waals surface area contributed by atoms with Gasteiger partial charge >= 0.3 is 0 Å². The maximum Gasteiger partial charge on any atom is 0.256 e. The van der Waals surface area contributed by atoms with E-state index in [-0.39, 0.29) is 10.8 Å². The third kappa shape index (κ3) is 4.87. The summed E-state index contributed by atoms with van der Waals surface area (Å²) in [6.07, 6.45) is 1.74. The van der Waals surface area contributed by atoms with Crippen molar-refractivity contribution >= 4 is 44.7 Å². The fourth-order valence-corrected chi connectivity index (χ4v) is 6.33. The smallest absolute Gasteiger partial charge is 0.256 e. The molecule has 0 atom stereocenters. The lowest BCUT2D eigenvalue weighted by Crippen LogP contribution is -2.27. The molecule has 1 N–H and O–H groups in total. The van der Waals surface area contributed by atoms with Crippen LogP contribution in [0.25, 0.3) is 16.4 Å². The van der Waals surface area contributed by atoms with E-state index in [0.717, 1.165) is 29.8 Å². The normalized spacial score (nSPS) is 14.3. The van der Waals surface area contributed by atoms with Crippen molar-refractivity contribution in [3.05, 3.63) is 76.3 Å². The number of nitrogens with one attached hydrogen (secondary N) is 1. The van der Waals surface area contributed by atoms with Gasteiger partial charge in [-0.15, -0.1) is 11.3 Å². The predicted molar refractivity (Wildman–Crippen MR) is 137 cm³/mol. The lowest BCUT2D eigenvalue weighted by molar-refractivity contribution is 0.102. The highest BCUT2D eigenvalue weighted by molar-refractivity contribution is 7.89. The number of benzene rings is 2. The van der Waals surface area contributed by atoms with Crippen LogP contribution >= 0.6 is 22.9 Å². The topological polar surface area (TPSA) is 97.2 Å². The van der Waals surface area contributed by atoms with Crippen LogP contribution in [0.15, 0.2) is 64.9 Å². The third-order valence-corrected chi connectivity index (χ3v) is 8.69. The number of carbonyl (C=O) groups excluding carboxylic acids is 1. The lowest BCUT2D eigenvalue weighted by Gasteiger charge is -2.15. The average Bonchev–Trinajstić information content (AvgIpc) is 3.61. The van der Waals surface area contributed by atoms with Crippen LogP contribution in [0.4, 0.5) is 5.82 Å². The summed E-state index contributed by atoms with van der Waals surface area (Å²) in [6, 6.07) is 15.2. The molecule has 1 aliphatic heterocycles. The van der Waals surface area contributed by atoms with E-state index in [1.807, 2.05) is 24.4 Å². The Morgan fingerprint density at radius 3 is 2.43 bits per heavy atom. The number of halogens is 1. The number of aryl methyl sites for hydroxylation is 1. The Hall–Kier alpha value is -3.05. The number of thiazole rings is 1. The number of carbonyl (C=O) groups is 1. The molecular formula is C24H22ClN5O3S2. The van der Waals surface area contributed by atoms with Crippen LogP contribution in [0.1, 0.15) is 28.9 Å². The van der Waals surface area contributed by atoms with Crippen LogP contribution in [0.5, 0.6) is 0 Å². The van der Waals surface area contributed by atoms with E-state index in [9.17, 15) is 13.2 Å². The Kier molecular flexibility index (Phi) is 6.45. The number of hydrogen-bond donors (Lipinski definition) is 1. The van der Waals surface area contributed by atoms with Gasteiger partial charge in [0.25, 0.3) is 5.91 Å². The second kappa shape index (κ2) is 9.54. The third-order valence-electron chi connectivity index (χ3n) is 5.71. The highest BCUT2D eigenvalue weighted by atomic mass is 35.5. The van der Waals surface area contributed by atoms with Crippen LogP contribution in [0.3, 0.4) is 0 Å². The zero-order valence-corrected chi connectivity index (χ0v) is 21.2. The molecule has 0 spiro atoms. The van der Waals surface area contributed by atoms with Crippen molar-refractivity contribution in [2.45, 2.75) is 24.7 Å². The summed E-state index contributed by atoms with van der Waals surface area (Å²) in [5, 5.41) is 10.5. The van der Waals surface area contributed by atoms with Gasteiger partial charge in [-0.25, -0.2) is 13.4 Å². The van der Waals surface area contributed by atoms with Crippen molar-refractivity contribution in [2.24, 2.45) is 0 Å². The minimum Gasteiger partial charge on any atom is -0.306 e. The fourth-order valence-electron chi connectivity index (χ4n) is 3.89. The summed E-state index contributed by atoms with van der Waals surface area (Å²) in [5.41, 5.74) is 2.77. The molecular weight excluding hydrogens is 506 g/mol. The molecule has 4 aromatic rings. The number of rotatable bonds is 6. The minimum atomic E-state index is -3.53. The molecule has 11 heteroatoms. The van der Waals surface area contributed by atoms with Gasteiger partial charge in [0.15, 0.2) is 0 Å². The first-order chi connectivity index (χ1) is 16.8. The van der Waals surface area contributed by atoms with Gasteiger partial charge < -0.3 is 5.32 Å². The first-order valence-electron chi connectivity index (χ1n) is 11.0. The average molecular weight is 528 g/mol. The van der Waals surface area contributed by atoms with Gasteiger partial charge in [0, 0.05) is 40.7 Å². The molecule has 180 valence electrons. The highest BCUT2D eigenvalue weighted by Gasteiger charge is 2.27. The summed E-state index contributed by atoms with van der Waals surface area (Å²) >= 11 is 7.38. The van der Waals surface area contributed by atoms with Gasteiger partial charge in [-0.2, -0.15) is 14.1 Å². The van der Waals surface area contributed by atoms with E-state index in [1.165, 1.54) is 39.9 Å². The van der Waals surface area contributed by atoms with Crippen molar-refractivity contribution in [3.63, 3.8) is 0 Å². The first-order valence-corrected chi connectivity index (χ1v) is 13.7. The van der Waals surface area contributed by atoms with Gasteiger partial charge in [-0.3, -0.25) is 4.79 Å². The second-order valence-corrected chi connectivity index (χ2v) is 11.4. The molecule has 1 fully saturated rings. The second-order valence-electron chi connectivity index (χ2n) is 8.19. The molecule has 0 aliphatic carbocycles. The summed E-state index contributed by atoms with van der Waals surface area (Å²) in [7, 11) is -3.53. The van der Waals surface area contributed by atoms with E-state index < -0.39 is 10.0 Å². The Morgan fingerprint density at radius 2 is 1.74 bits per heavy atom. The predicted octanol–water partition coefficient (Wildman–Crippen LogP) is 4.99. The molecule has 35 heavy (non-hydrogen) atoms. The van der Waals surface area contributed by atoms with Crippen LogP contribution in [-0.2, 0) is 10.0 Å². The summed E-state index contributed by atoms with van der Waals surface area (Å²) in [6.45, 7) is 2.90. The van der Waals surface area contributed by atoms with E-state index in [4.69, 9.17) is 11.6 Å². The number of amides is 1. The molecule has 0 saturated carbocycles. The standard InChI is InChI=1S/C24H22ClN5O3S2/c1-16-14-22(30(28-16)24-26-21(15-34-24)17-4-8-19(25)9-5-17)27-23(31)18-6-10-20(11-7-18)35(32,33)29-12-2-3-13-29/h4-11,14-15H,2-3,12-13H2,1H3,(H,27,31). The monoisotopic (exact) mass is 527 g/mol. The Bertz CT molecular complexity index is 1470. The molecule has 1 amide bonds. The number of anilines is 1. The van der Waals surface area contributed by atoms with E-state index in [0.29, 0.717) is 34.6 Å². The molecule has 2 aromatic heterocycles. The van der Waals surface area contributed by atoms with Crippen LogP contribution in [0.2, 0.25) is 5.02 Å². The molecule has 0 bridgehead atoms. The molecule has 8 nitrogen and oxygen atoms in total. The van der Waals surface area contributed by atoms with Crippen LogP contribution in [0, 0.1) is 6.92 Å². The zero-order chi connectivity index (χ0) is 24.6. The van der Waals surface area contributed by atoms with E-state index >= 15 is 0 Å². The van der Waals surface area contributed by atoms with E-state index in [1.54, 1.807) is 22.9 Å². The number of nitrogens with zero attached hydrogens (tertiary/aromatic N) is 4. The Morgan fingerprint density at radius 1 is 1.06 bits per heavy atom. The van der Waals surface area contributed by atoms with Gasteiger partial charge in [-0.1, -0.05) is 23.7 Å². The number of sulfonamides is 1.